The van der Waals surface area contributed by atoms with E-state index in [0.717, 1.165) is 22.8 Å². The number of carbonyl (C=O) groups is 1. The van der Waals surface area contributed by atoms with Gasteiger partial charge in [0.05, 0.1) is 5.69 Å². The van der Waals surface area contributed by atoms with E-state index in [2.05, 4.69) is 41.6 Å². The molecule has 122 valence electrons. The van der Waals surface area contributed by atoms with Crippen molar-refractivity contribution in [3.63, 3.8) is 0 Å². The highest BCUT2D eigenvalue weighted by Crippen LogP contribution is 2.34. The molecule has 1 atom stereocenters. The maximum atomic E-state index is 13.0. The number of carbonyl (C=O) groups excluding carboxylic acids is 1. The average molecular weight is 337 g/mol. The normalized spacial score (nSPS) is 16.5. The lowest BCUT2D eigenvalue weighted by Gasteiger charge is -2.21. The zero-order chi connectivity index (χ0) is 16.8. The van der Waals surface area contributed by atoms with Gasteiger partial charge in [-0.1, -0.05) is 18.2 Å². The van der Waals surface area contributed by atoms with Crippen molar-refractivity contribution in [2.24, 2.45) is 7.05 Å². The first-order valence-electron chi connectivity index (χ1n) is 8.06. The van der Waals surface area contributed by atoms with Crippen LogP contribution in [0.25, 0.3) is 10.7 Å². The predicted octanol–water partition coefficient (Wildman–Crippen LogP) is 4.05. The van der Waals surface area contributed by atoms with Crippen molar-refractivity contribution < 1.29 is 4.79 Å². The minimum absolute atomic E-state index is 0.0131. The number of thiazole rings is 1. The number of anilines is 1. The lowest BCUT2D eigenvalue weighted by Crippen LogP contribution is -2.35. The molecule has 0 unspecified atom stereocenters. The van der Waals surface area contributed by atoms with Crippen LogP contribution in [-0.2, 0) is 13.5 Å². The fourth-order valence-corrected chi connectivity index (χ4v) is 4.17. The fraction of sp³-hybridized carbons (Fsp3) is 0.263. The summed E-state index contributed by atoms with van der Waals surface area (Å²) in [4.78, 5) is 19.5. The van der Waals surface area contributed by atoms with Crippen LogP contribution in [0.3, 0.4) is 0 Å². The van der Waals surface area contributed by atoms with Gasteiger partial charge in [-0.15, -0.1) is 11.3 Å². The van der Waals surface area contributed by atoms with Crippen LogP contribution in [-0.4, -0.2) is 21.5 Å². The number of aryl methyl sites for hydroxylation is 1. The van der Waals surface area contributed by atoms with E-state index in [1.54, 1.807) is 0 Å². The summed E-state index contributed by atoms with van der Waals surface area (Å²) < 4.78 is 2.10. The Bertz CT molecular complexity index is 924. The Kier molecular flexibility index (Phi) is 3.53. The van der Waals surface area contributed by atoms with Crippen molar-refractivity contribution in [2.45, 2.75) is 26.3 Å². The molecule has 4 rings (SSSR count). The van der Waals surface area contributed by atoms with Gasteiger partial charge in [-0.05, 0) is 44.0 Å². The first kappa shape index (κ1) is 15.1. The zero-order valence-electron chi connectivity index (χ0n) is 14.0. The molecule has 0 saturated heterocycles. The van der Waals surface area contributed by atoms with Crippen LogP contribution in [0.5, 0.6) is 0 Å². The fourth-order valence-electron chi connectivity index (χ4n) is 3.32. The third-order valence-corrected chi connectivity index (χ3v) is 5.61. The molecule has 0 fully saturated rings. The van der Waals surface area contributed by atoms with Gasteiger partial charge in [-0.2, -0.15) is 0 Å². The molecule has 3 aromatic rings. The number of benzene rings is 1. The second-order valence-corrected chi connectivity index (χ2v) is 7.17. The summed E-state index contributed by atoms with van der Waals surface area (Å²) in [5.41, 5.74) is 4.99. The summed E-state index contributed by atoms with van der Waals surface area (Å²) in [6.45, 7) is 4.15. The monoisotopic (exact) mass is 337 g/mol. The summed E-state index contributed by atoms with van der Waals surface area (Å²) in [6.07, 6.45) is 0.899. The lowest BCUT2D eigenvalue weighted by molar-refractivity contribution is 0.0977. The summed E-state index contributed by atoms with van der Waals surface area (Å²) in [5.74, 6) is -0.0131. The van der Waals surface area contributed by atoms with Crippen molar-refractivity contribution >= 4 is 22.9 Å². The Morgan fingerprint density at radius 1 is 1.25 bits per heavy atom. The number of fused-ring (bicyclic) bond motifs is 1. The highest BCUT2D eigenvalue weighted by molar-refractivity contribution is 7.13. The minimum Gasteiger partial charge on any atom is -0.346 e. The van der Waals surface area contributed by atoms with Crippen LogP contribution >= 0.6 is 11.3 Å². The Labute approximate surface area is 145 Å². The molecule has 0 spiro atoms. The molecule has 3 heterocycles. The van der Waals surface area contributed by atoms with E-state index in [0.29, 0.717) is 5.69 Å². The van der Waals surface area contributed by atoms with Crippen LogP contribution in [0.15, 0.2) is 41.8 Å². The molecule has 1 aliphatic heterocycles. The molecular formula is C19H19N3OS. The summed E-state index contributed by atoms with van der Waals surface area (Å²) >= 11 is 1.52. The molecule has 24 heavy (non-hydrogen) atoms. The van der Waals surface area contributed by atoms with Crippen molar-refractivity contribution in [3.05, 3.63) is 58.7 Å². The van der Waals surface area contributed by atoms with Gasteiger partial charge in [-0.3, -0.25) is 4.79 Å². The minimum atomic E-state index is -0.0131. The van der Waals surface area contributed by atoms with Crippen molar-refractivity contribution in [3.8, 4) is 10.7 Å². The van der Waals surface area contributed by atoms with Crippen LogP contribution in [0.2, 0.25) is 0 Å². The molecule has 1 amide bonds. The SMILES string of the molecule is Cc1ccc(-c2nc(C(=O)N3c4ccccc4C[C@@H]3C)cs2)n1C. The van der Waals surface area contributed by atoms with Gasteiger partial charge in [0.1, 0.15) is 10.7 Å². The first-order chi connectivity index (χ1) is 11.6. The van der Waals surface area contributed by atoms with Crippen molar-refractivity contribution in [2.75, 3.05) is 4.90 Å². The molecule has 5 heteroatoms. The number of para-hydroxylation sites is 1. The van der Waals surface area contributed by atoms with E-state index in [4.69, 9.17) is 0 Å². The average Bonchev–Trinajstić information content (AvgIpc) is 3.25. The maximum absolute atomic E-state index is 13.0. The molecule has 2 aromatic heterocycles. The van der Waals surface area contributed by atoms with E-state index in [-0.39, 0.29) is 11.9 Å². The highest BCUT2D eigenvalue weighted by atomic mass is 32.1. The third-order valence-electron chi connectivity index (χ3n) is 4.74. The van der Waals surface area contributed by atoms with E-state index >= 15 is 0 Å². The molecule has 1 aliphatic rings. The Morgan fingerprint density at radius 3 is 2.79 bits per heavy atom. The molecule has 1 aromatic carbocycles. The molecule has 4 nitrogen and oxygen atoms in total. The van der Waals surface area contributed by atoms with Gasteiger partial charge in [0.15, 0.2) is 0 Å². The molecular weight excluding hydrogens is 318 g/mol. The van der Waals surface area contributed by atoms with Crippen molar-refractivity contribution in [1.29, 1.82) is 0 Å². The highest BCUT2D eigenvalue weighted by Gasteiger charge is 2.32. The molecule has 0 saturated carbocycles. The smallest absolute Gasteiger partial charge is 0.278 e. The molecule has 0 N–H and O–H groups in total. The Hall–Kier alpha value is -2.40. The van der Waals surface area contributed by atoms with E-state index in [9.17, 15) is 4.79 Å². The van der Waals surface area contributed by atoms with E-state index in [1.165, 1.54) is 22.6 Å². The van der Waals surface area contributed by atoms with Gasteiger partial charge in [0.2, 0.25) is 0 Å². The standard InChI is InChI=1S/C19H19N3OS/c1-12-8-9-17(21(12)3)18-20-15(11-24-18)19(23)22-13(2)10-14-6-4-5-7-16(14)22/h4-9,11,13H,10H2,1-3H3/t13-/m0/s1. The van der Waals surface area contributed by atoms with E-state index in [1.807, 2.05) is 35.5 Å². The first-order valence-corrected chi connectivity index (χ1v) is 8.94. The topological polar surface area (TPSA) is 38.1 Å². The second-order valence-electron chi connectivity index (χ2n) is 6.31. The number of nitrogens with zero attached hydrogens (tertiary/aromatic N) is 3. The number of hydrogen-bond acceptors (Lipinski definition) is 3. The number of hydrogen-bond donors (Lipinski definition) is 0. The van der Waals surface area contributed by atoms with Crippen LogP contribution in [0, 0.1) is 6.92 Å². The predicted molar refractivity (Wildman–Crippen MR) is 97.7 cm³/mol. The van der Waals surface area contributed by atoms with Gasteiger partial charge >= 0.3 is 0 Å². The second kappa shape index (κ2) is 5.60. The van der Waals surface area contributed by atoms with Crippen LogP contribution in [0.4, 0.5) is 5.69 Å². The number of rotatable bonds is 2. The largest absolute Gasteiger partial charge is 0.346 e. The number of amides is 1. The van der Waals surface area contributed by atoms with Crippen LogP contribution < -0.4 is 4.90 Å². The quantitative estimate of drug-likeness (QED) is 0.707. The zero-order valence-corrected chi connectivity index (χ0v) is 14.8. The molecule has 0 bridgehead atoms. The van der Waals surface area contributed by atoms with Crippen LogP contribution in [0.1, 0.15) is 28.7 Å². The van der Waals surface area contributed by atoms with Gasteiger partial charge in [-0.25, -0.2) is 4.98 Å². The van der Waals surface area contributed by atoms with Crippen molar-refractivity contribution in [1.82, 2.24) is 9.55 Å². The number of aromatic nitrogens is 2. The third kappa shape index (κ3) is 2.27. The summed E-state index contributed by atoms with van der Waals surface area (Å²) in [5, 5.41) is 2.75. The molecule has 0 aliphatic carbocycles. The summed E-state index contributed by atoms with van der Waals surface area (Å²) in [6, 6.07) is 12.4. The summed E-state index contributed by atoms with van der Waals surface area (Å²) in [7, 11) is 2.02. The van der Waals surface area contributed by atoms with Gasteiger partial charge in [0, 0.05) is 29.9 Å². The van der Waals surface area contributed by atoms with Gasteiger partial charge in [0.25, 0.3) is 5.91 Å². The Morgan fingerprint density at radius 2 is 2.04 bits per heavy atom. The van der Waals surface area contributed by atoms with E-state index < -0.39 is 0 Å². The lowest BCUT2D eigenvalue weighted by atomic mass is 10.1. The van der Waals surface area contributed by atoms with Gasteiger partial charge < -0.3 is 9.47 Å². The maximum Gasteiger partial charge on any atom is 0.278 e. The molecule has 0 radical (unpaired) electrons. The Balaban J connectivity index is 1.68.